The number of aromatic amines is 2. The Labute approximate surface area is 227 Å². The molecule has 9 nitrogen and oxygen atoms in total. The summed E-state index contributed by atoms with van der Waals surface area (Å²) in [5.74, 6) is 0.928. The third-order valence-electron chi connectivity index (χ3n) is 7.47. The average Bonchev–Trinajstić information content (AvgIpc) is 3.29. The van der Waals surface area contributed by atoms with Gasteiger partial charge < -0.3 is 19.9 Å². The highest BCUT2D eigenvalue weighted by Crippen LogP contribution is 2.39. The average molecular weight is 539 g/mol. The van der Waals surface area contributed by atoms with E-state index in [0.717, 1.165) is 44.4 Å². The zero-order chi connectivity index (χ0) is 27.5. The number of aliphatic imine (C=N–C) groups is 2. The Morgan fingerprint density at radius 1 is 1.26 bits per heavy atom. The first-order valence-corrected chi connectivity index (χ1v) is 13.5. The molecule has 0 amide bonds. The summed E-state index contributed by atoms with van der Waals surface area (Å²) in [4.78, 5) is 16.2. The van der Waals surface area contributed by atoms with Crippen molar-refractivity contribution in [2.45, 2.75) is 52.0 Å². The number of ether oxygens (including phenoxy) is 1. The van der Waals surface area contributed by atoms with Gasteiger partial charge in [0.1, 0.15) is 11.7 Å². The molecule has 0 radical (unpaired) electrons. The molecule has 1 unspecified atom stereocenters. The van der Waals surface area contributed by atoms with Crippen molar-refractivity contribution in [3.63, 3.8) is 0 Å². The first-order valence-electron chi connectivity index (χ1n) is 13.5. The van der Waals surface area contributed by atoms with E-state index < -0.39 is 11.6 Å². The summed E-state index contributed by atoms with van der Waals surface area (Å²) in [6, 6.07) is 5.00. The number of rotatable bonds is 11. The highest BCUT2D eigenvalue weighted by atomic mass is 19.1. The van der Waals surface area contributed by atoms with Gasteiger partial charge in [0.15, 0.2) is 29.9 Å². The number of anilines is 1. The molecule has 3 N–H and O–H groups in total. The van der Waals surface area contributed by atoms with E-state index in [-0.39, 0.29) is 23.4 Å². The van der Waals surface area contributed by atoms with Crippen molar-refractivity contribution in [3.8, 4) is 5.75 Å². The molecule has 1 aliphatic carbocycles. The number of nitrogens with zero attached hydrogens (tertiary/aromatic N) is 5. The lowest BCUT2D eigenvalue weighted by atomic mass is 10.2. The molecular weight excluding hydrogens is 502 g/mol. The monoisotopic (exact) mass is 538 g/mol. The zero-order valence-corrected chi connectivity index (χ0v) is 22.7. The number of halogens is 2. The van der Waals surface area contributed by atoms with Crippen LogP contribution in [0.2, 0.25) is 0 Å². The number of hydrogen-bond acceptors (Lipinski definition) is 6. The van der Waals surface area contributed by atoms with E-state index >= 15 is 4.39 Å². The van der Waals surface area contributed by atoms with Crippen LogP contribution in [-0.2, 0) is 0 Å². The summed E-state index contributed by atoms with van der Waals surface area (Å²) in [5, 5.41) is 10.8. The topological polar surface area (TPSA) is 96.9 Å². The van der Waals surface area contributed by atoms with Crippen molar-refractivity contribution in [1.82, 2.24) is 25.0 Å². The SMILES string of the molecule is C=N/C(=C\C(=N/COc1cc(F)c2[nH]c(C)cc2c1F)N1CCC(N(CC)CC)C1)Nc1cc(C2CC2)[nH]n1. The minimum Gasteiger partial charge on any atom is -0.468 e. The van der Waals surface area contributed by atoms with Gasteiger partial charge in [-0.15, -0.1) is 0 Å². The Morgan fingerprint density at radius 3 is 2.77 bits per heavy atom. The minimum absolute atomic E-state index is 0.125. The fraction of sp³-hybridized carbons (Fsp3) is 0.464. The lowest BCUT2D eigenvalue weighted by molar-refractivity contribution is 0.223. The van der Waals surface area contributed by atoms with Crippen LogP contribution < -0.4 is 10.1 Å². The standard InChI is InChI=1S/C28H36F2N8O/c1-5-37(6-2)19-9-10-38(15-19)26(14-24(31-4)34-25-13-22(35-36-25)18-7-8-18)32-16-39-23-12-21(29)28-20(27(23)30)11-17(3)33-28/h11-14,18-19,33H,4-10,15-16H2,1-3H3,(H2,34,35,36)/b24-14+,32-26+. The largest absolute Gasteiger partial charge is 0.468 e. The molecule has 1 saturated heterocycles. The summed E-state index contributed by atoms with van der Waals surface area (Å²) in [6.45, 7) is 13.1. The normalized spacial score (nSPS) is 18.4. The van der Waals surface area contributed by atoms with Gasteiger partial charge in [-0.05, 0) is 52.1 Å². The van der Waals surface area contributed by atoms with E-state index in [1.807, 2.05) is 6.07 Å². The second-order valence-corrected chi connectivity index (χ2v) is 10.1. The van der Waals surface area contributed by atoms with E-state index in [4.69, 9.17) is 4.74 Å². The summed E-state index contributed by atoms with van der Waals surface area (Å²) in [7, 11) is 0. The van der Waals surface area contributed by atoms with Crippen molar-refractivity contribution >= 4 is 29.3 Å². The second kappa shape index (κ2) is 11.6. The molecule has 39 heavy (non-hydrogen) atoms. The number of likely N-dealkylation sites (N-methyl/N-ethyl adjacent to an activating group) is 1. The molecule has 0 bridgehead atoms. The highest BCUT2D eigenvalue weighted by Gasteiger charge is 2.28. The number of benzene rings is 1. The van der Waals surface area contributed by atoms with Crippen molar-refractivity contribution in [3.05, 3.63) is 53.1 Å². The van der Waals surface area contributed by atoms with Crippen molar-refractivity contribution in [2.24, 2.45) is 9.98 Å². The number of nitrogens with one attached hydrogen (secondary N) is 3. The molecule has 3 aromatic rings. The van der Waals surface area contributed by atoms with Gasteiger partial charge in [0, 0.05) is 60.0 Å². The molecule has 1 atom stereocenters. The first kappa shape index (κ1) is 26.9. The van der Waals surface area contributed by atoms with Gasteiger partial charge in [0.05, 0.1) is 5.52 Å². The third kappa shape index (κ3) is 5.98. The fourth-order valence-electron chi connectivity index (χ4n) is 5.21. The van der Waals surface area contributed by atoms with Crippen LogP contribution in [0.4, 0.5) is 14.6 Å². The van der Waals surface area contributed by atoms with Crippen molar-refractivity contribution < 1.29 is 13.5 Å². The van der Waals surface area contributed by atoms with Crippen molar-refractivity contribution in [2.75, 3.05) is 38.2 Å². The van der Waals surface area contributed by atoms with Crippen LogP contribution >= 0.6 is 0 Å². The number of hydrogen-bond donors (Lipinski definition) is 3. The van der Waals surface area contributed by atoms with E-state index in [0.29, 0.717) is 35.1 Å². The van der Waals surface area contributed by atoms with Gasteiger partial charge >= 0.3 is 0 Å². The molecule has 2 aliphatic rings. The number of aromatic nitrogens is 3. The van der Waals surface area contributed by atoms with Crippen LogP contribution in [0.5, 0.6) is 5.75 Å². The van der Waals surface area contributed by atoms with Gasteiger partial charge in [0.2, 0.25) is 0 Å². The summed E-state index contributed by atoms with van der Waals surface area (Å²) in [5.41, 5.74) is 1.90. The van der Waals surface area contributed by atoms with Crippen LogP contribution in [-0.4, -0.2) is 76.5 Å². The van der Waals surface area contributed by atoms with Gasteiger partial charge in [-0.2, -0.15) is 5.10 Å². The number of amidine groups is 1. The minimum atomic E-state index is -0.620. The first-order chi connectivity index (χ1) is 18.9. The van der Waals surface area contributed by atoms with Gasteiger partial charge in [-0.1, -0.05) is 13.8 Å². The third-order valence-corrected chi connectivity index (χ3v) is 7.47. The number of H-pyrrole nitrogens is 2. The maximum absolute atomic E-state index is 15.0. The summed E-state index contributed by atoms with van der Waals surface area (Å²) < 4.78 is 35.3. The Morgan fingerprint density at radius 2 is 2.05 bits per heavy atom. The van der Waals surface area contributed by atoms with E-state index in [1.54, 1.807) is 19.1 Å². The fourth-order valence-corrected chi connectivity index (χ4v) is 5.21. The molecule has 1 saturated carbocycles. The second-order valence-electron chi connectivity index (χ2n) is 10.1. The number of fused-ring (bicyclic) bond motifs is 1. The molecule has 1 aliphatic heterocycles. The zero-order valence-electron chi connectivity index (χ0n) is 22.7. The quantitative estimate of drug-likeness (QED) is 0.232. The van der Waals surface area contributed by atoms with Crippen LogP contribution in [0.15, 0.2) is 40.1 Å². The predicted molar refractivity (Wildman–Crippen MR) is 151 cm³/mol. The number of likely N-dealkylation sites (tertiary alicyclic amines) is 1. The molecule has 2 fully saturated rings. The van der Waals surface area contributed by atoms with E-state index in [1.165, 1.54) is 12.8 Å². The Kier molecular flexibility index (Phi) is 7.97. The summed E-state index contributed by atoms with van der Waals surface area (Å²) >= 11 is 0. The smallest absolute Gasteiger partial charge is 0.181 e. The molecule has 3 heterocycles. The molecule has 1 aromatic carbocycles. The Hall–Kier alpha value is -3.73. The van der Waals surface area contributed by atoms with Crippen LogP contribution in [0.1, 0.15) is 50.4 Å². The highest BCUT2D eigenvalue weighted by molar-refractivity contribution is 5.94. The maximum Gasteiger partial charge on any atom is 0.181 e. The lowest BCUT2D eigenvalue weighted by Gasteiger charge is -2.26. The molecule has 0 spiro atoms. The maximum atomic E-state index is 15.0. The van der Waals surface area contributed by atoms with Crippen LogP contribution in [0.25, 0.3) is 10.9 Å². The van der Waals surface area contributed by atoms with E-state index in [2.05, 4.69) is 60.8 Å². The van der Waals surface area contributed by atoms with E-state index in [9.17, 15) is 4.39 Å². The van der Waals surface area contributed by atoms with Gasteiger partial charge in [0.25, 0.3) is 0 Å². The summed E-state index contributed by atoms with van der Waals surface area (Å²) in [6.07, 6.45) is 5.13. The van der Waals surface area contributed by atoms with Crippen LogP contribution in [0.3, 0.4) is 0 Å². The number of aryl methyl sites for hydroxylation is 1. The van der Waals surface area contributed by atoms with Crippen molar-refractivity contribution in [1.29, 1.82) is 0 Å². The lowest BCUT2D eigenvalue weighted by Crippen LogP contribution is -2.38. The molecular formula is C28H36F2N8O. The Bertz CT molecular complexity index is 1390. The molecule has 11 heteroatoms. The molecule has 5 rings (SSSR count). The molecule has 2 aromatic heterocycles. The van der Waals surface area contributed by atoms with Gasteiger partial charge in [-0.3, -0.25) is 10.00 Å². The predicted octanol–water partition coefficient (Wildman–Crippen LogP) is 5.16. The van der Waals surface area contributed by atoms with Gasteiger partial charge in [-0.25, -0.2) is 18.8 Å². The Balaban J connectivity index is 1.37. The van der Waals surface area contributed by atoms with Crippen LogP contribution in [0, 0.1) is 18.6 Å². The molecule has 208 valence electrons.